The summed E-state index contributed by atoms with van der Waals surface area (Å²) in [7, 11) is 0. The maximum absolute atomic E-state index is 12.5. The summed E-state index contributed by atoms with van der Waals surface area (Å²) >= 11 is 1.32. The van der Waals surface area contributed by atoms with Gasteiger partial charge in [0.1, 0.15) is 6.04 Å². The Labute approximate surface area is 138 Å². The van der Waals surface area contributed by atoms with Gasteiger partial charge in [-0.25, -0.2) is 0 Å². The van der Waals surface area contributed by atoms with Crippen LogP contribution in [0.4, 0.5) is 0 Å². The number of carboxylic acid groups (broad SMARTS) is 1. The van der Waals surface area contributed by atoms with Crippen molar-refractivity contribution in [3.05, 3.63) is 22.4 Å². The molecule has 124 valence electrons. The van der Waals surface area contributed by atoms with Crippen LogP contribution in [0, 0.1) is 17.8 Å². The molecule has 0 bridgehead atoms. The molecule has 2 fully saturated rings. The van der Waals surface area contributed by atoms with E-state index in [0.29, 0.717) is 17.3 Å². The maximum Gasteiger partial charge on any atom is 0.308 e. The second-order valence-electron chi connectivity index (χ2n) is 6.36. The van der Waals surface area contributed by atoms with E-state index in [-0.39, 0.29) is 24.3 Å². The second-order valence-corrected chi connectivity index (χ2v) is 7.31. The van der Waals surface area contributed by atoms with E-state index in [9.17, 15) is 19.5 Å². The summed E-state index contributed by atoms with van der Waals surface area (Å²) < 4.78 is 0. The molecule has 1 saturated heterocycles. The summed E-state index contributed by atoms with van der Waals surface area (Å²) in [6.45, 7) is 2.38. The monoisotopic (exact) mass is 336 g/mol. The highest BCUT2D eigenvalue weighted by molar-refractivity contribution is 7.12. The van der Waals surface area contributed by atoms with Crippen molar-refractivity contribution in [3.63, 3.8) is 0 Å². The number of hydrogen-bond donors (Lipinski definition) is 2. The normalized spacial score (nSPS) is 25.2. The first kappa shape index (κ1) is 16.0. The zero-order valence-electron chi connectivity index (χ0n) is 12.9. The number of carbonyl (C=O) groups is 3. The minimum absolute atomic E-state index is 0.0525. The van der Waals surface area contributed by atoms with Gasteiger partial charge in [-0.1, -0.05) is 6.07 Å². The van der Waals surface area contributed by atoms with Gasteiger partial charge in [0.15, 0.2) is 0 Å². The van der Waals surface area contributed by atoms with Crippen LogP contribution in [0.5, 0.6) is 0 Å². The molecule has 0 radical (unpaired) electrons. The Balaban J connectivity index is 1.61. The summed E-state index contributed by atoms with van der Waals surface area (Å²) in [6.07, 6.45) is 2.11. The Morgan fingerprint density at radius 1 is 1.35 bits per heavy atom. The van der Waals surface area contributed by atoms with Crippen molar-refractivity contribution in [1.29, 1.82) is 0 Å². The Hall–Kier alpha value is -1.89. The van der Waals surface area contributed by atoms with E-state index in [4.69, 9.17) is 0 Å². The first-order valence-corrected chi connectivity index (χ1v) is 8.71. The molecule has 3 rings (SSSR count). The quantitative estimate of drug-likeness (QED) is 0.852. The molecule has 2 N–H and O–H groups in total. The van der Waals surface area contributed by atoms with Crippen LogP contribution in [0.25, 0.3) is 0 Å². The van der Waals surface area contributed by atoms with Crippen LogP contribution in [0.1, 0.15) is 29.4 Å². The van der Waals surface area contributed by atoms with Crippen LogP contribution in [0.3, 0.4) is 0 Å². The highest BCUT2D eigenvalue weighted by Crippen LogP contribution is 2.44. The van der Waals surface area contributed by atoms with Crippen LogP contribution in [0.2, 0.25) is 0 Å². The third-order valence-corrected chi connectivity index (χ3v) is 5.55. The number of nitrogens with one attached hydrogen (secondary N) is 1. The Morgan fingerprint density at radius 2 is 2.09 bits per heavy atom. The molecule has 1 aromatic rings. The summed E-state index contributed by atoms with van der Waals surface area (Å²) in [4.78, 5) is 38.1. The van der Waals surface area contributed by atoms with E-state index in [1.165, 1.54) is 11.3 Å². The zero-order chi connectivity index (χ0) is 16.6. The molecule has 2 amide bonds. The lowest BCUT2D eigenvalue weighted by atomic mass is 9.92. The number of rotatable bonds is 5. The van der Waals surface area contributed by atoms with E-state index in [1.54, 1.807) is 29.3 Å². The highest BCUT2D eigenvalue weighted by Gasteiger charge is 2.47. The average Bonchev–Trinajstić information content (AvgIpc) is 3.05. The highest BCUT2D eigenvalue weighted by atomic mass is 32.1. The van der Waals surface area contributed by atoms with Gasteiger partial charge in [-0.3, -0.25) is 14.4 Å². The largest absolute Gasteiger partial charge is 0.481 e. The van der Waals surface area contributed by atoms with Gasteiger partial charge in [-0.05, 0) is 43.0 Å². The van der Waals surface area contributed by atoms with Crippen molar-refractivity contribution in [2.75, 3.05) is 13.1 Å². The van der Waals surface area contributed by atoms with E-state index in [2.05, 4.69) is 5.32 Å². The predicted octanol–water partition coefficient (Wildman–Crippen LogP) is 1.44. The Bertz CT molecular complexity index is 612. The molecule has 1 aliphatic heterocycles. The van der Waals surface area contributed by atoms with Crippen molar-refractivity contribution in [2.45, 2.75) is 25.8 Å². The fourth-order valence-electron chi connectivity index (χ4n) is 3.28. The summed E-state index contributed by atoms with van der Waals surface area (Å²) in [5.41, 5.74) is 0. The fourth-order valence-corrected chi connectivity index (χ4v) is 3.91. The van der Waals surface area contributed by atoms with E-state index >= 15 is 0 Å². The van der Waals surface area contributed by atoms with Gasteiger partial charge in [0.2, 0.25) is 5.91 Å². The third-order valence-electron chi connectivity index (χ3n) is 4.68. The Morgan fingerprint density at radius 3 is 2.65 bits per heavy atom. The molecular weight excluding hydrogens is 316 g/mol. The summed E-state index contributed by atoms with van der Waals surface area (Å²) in [5.74, 6) is -1.29. The summed E-state index contributed by atoms with van der Waals surface area (Å²) in [6, 6.07) is 2.83. The lowest BCUT2D eigenvalue weighted by Crippen LogP contribution is -2.46. The smallest absolute Gasteiger partial charge is 0.308 e. The van der Waals surface area contributed by atoms with Gasteiger partial charge in [0, 0.05) is 13.1 Å². The first-order valence-electron chi connectivity index (χ1n) is 7.83. The molecule has 6 nitrogen and oxygen atoms in total. The lowest BCUT2D eigenvalue weighted by molar-refractivity contribution is -0.142. The number of aliphatic carboxylic acids is 1. The van der Waals surface area contributed by atoms with Crippen LogP contribution in [-0.4, -0.2) is 46.9 Å². The molecule has 2 aliphatic rings. The topological polar surface area (TPSA) is 86.7 Å². The lowest BCUT2D eigenvalue weighted by Gasteiger charge is -2.21. The molecule has 3 atom stereocenters. The van der Waals surface area contributed by atoms with Crippen LogP contribution in [-0.2, 0) is 9.59 Å². The van der Waals surface area contributed by atoms with Gasteiger partial charge >= 0.3 is 5.97 Å². The van der Waals surface area contributed by atoms with Crippen molar-refractivity contribution < 1.29 is 19.5 Å². The number of hydrogen-bond acceptors (Lipinski definition) is 4. The summed E-state index contributed by atoms with van der Waals surface area (Å²) in [5, 5.41) is 13.9. The molecule has 1 aromatic heterocycles. The number of nitrogens with zero attached hydrogens (tertiary/aromatic N) is 1. The van der Waals surface area contributed by atoms with E-state index < -0.39 is 17.9 Å². The number of carbonyl (C=O) groups excluding carboxylic acids is 2. The van der Waals surface area contributed by atoms with Crippen LogP contribution < -0.4 is 5.32 Å². The molecule has 1 saturated carbocycles. The van der Waals surface area contributed by atoms with Gasteiger partial charge in [-0.15, -0.1) is 11.3 Å². The molecule has 2 heterocycles. The molecular formula is C16H20N2O4S. The fraction of sp³-hybridized carbons (Fsp3) is 0.562. The van der Waals surface area contributed by atoms with Gasteiger partial charge in [0.25, 0.3) is 5.91 Å². The SMILES string of the molecule is CC(NC(=O)c1cccs1)C(=O)N1C[C@H](C(=O)O)[C@@H](C2CC2)C1. The molecule has 1 unspecified atom stereocenters. The van der Waals surface area contributed by atoms with Crippen molar-refractivity contribution in [2.24, 2.45) is 17.8 Å². The van der Waals surface area contributed by atoms with Gasteiger partial charge < -0.3 is 15.3 Å². The van der Waals surface area contributed by atoms with Gasteiger partial charge in [-0.2, -0.15) is 0 Å². The molecule has 0 aromatic carbocycles. The minimum atomic E-state index is -0.826. The molecule has 23 heavy (non-hydrogen) atoms. The average molecular weight is 336 g/mol. The molecule has 1 aliphatic carbocycles. The third kappa shape index (κ3) is 3.39. The van der Waals surface area contributed by atoms with Crippen LogP contribution in [0.15, 0.2) is 17.5 Å². The van der Waals surface area contributed by atoms with E-state index in [0.717, 1.165) is 12.8 Å². The van der Waals surface area contributed by atoms with Crippen molar-refractivity contribution >= 4 is 29.1 Å². The number of thiophene rings is 1. The predicted molar refractivity (Wildman–Crippen MR) is 85.2 cm³/mol. The van der Waals surface area contributed by atoms with Crippen molar-refractivity contribution in [1.82, 2.24) is 10.2 Å². The van der Waals surface area contributed by atoms with E-state index in [1.807, 2.05) is 0 Å². The number of likely N-dealkylation sites (tertiary alicyclic amines) is 1. The molecule has 7 heteroatoms. The second kappa shape index (κ2) is 6.31. The zero-order valence-corrected chi connectivity index (χ0v) is 13.7. The maximum atomic E-state index is 12.5. The standard InChI is InChI=1S/C16H20N2O4S/c1-9(17-14(19)13-3-2-6-23-13)15(20)18-7-11(10-4-5-10)12(8-18)16(21)22/h2-3,6,9-12H,4-5,7-8H2,1H3,(H,17,19)(H,21,22)/t9?,11-,12+/m1/s1. The van der Waals surface area contributed by atoms with Gasteiger partial charge in [0.05, 0.1) is 10.8 Å². The minimum Gasteiger partial charge on any atom is -0.481 e. The van der Waals surface area contributed by atoms with Crippen molar-refractivity contribution in [3.8, 4) is 0 Å². The first-order chi connectivity index (χ1) is 11.0. The van der Waals surface area contributed by atoms with Crippen LogP contribution >= 0.6 is 11.3 Å². The molecule has 0 spiro atoms. The number of amides is 2. The number of carboxylic acids is 1. The Kier molecular flexibility index (Phi) is 4.39.